The Hall–Kier alpha value is -2.45. The maximum Gasteiger partial charge on any atom is 0.308 e. The van der Waals surface area contributed by atoms with Crippen LogP contribution in [-0.2, 0) is 28.7 Å². The minimum absolute atomic E-state index is 0.0221. The number of rotatable bonds is 7. The van der Waals surface area contributed by atoms with E-state index in [1.54, 1.807) is 0 Å². The number of carbonyl (C=O) groups is 5. The van der Waals surface area contributed by atoms with Crippen LogP contribution in [-0.4, -0.2) is 73.2 Å². The molecule has 2 rings (SSSR count). The van der Waals surface area contributed by atoms with Crippen molar-refractivity contribution in [1.82, 2.24) is 15.1 Å². The van der Waals surface area contributed by atoms with E-state index in [0.29, 0.717) is 0 Å². The lowest BCUT2D eigenvalue weighted by Gasteiger charge is -2.19. The van der Waals surface area contributed by atoms with E-state index in [-0.39, 0.29) is 49.1 Å². The van der Waals surface area contributed by atoms with Gasteiger partial charge in [-0.05, 0) is 12.8 Å². The van der Waals surface area contributed by atoms with Gasteiger partial charge in [-0.25, -0.2) is 0 Å². The molecule has 0 unspecified atom stereocenters. The van der Waals surface area contributed by atoms with Crippen molar-refractivity contribution in [3.8, 4) is 0 Å². The van der Waals surface area contributed by atoms with Gasteiger partial charge in [0, 0.05) is 20.6 Å². The predicted octanol–water partition coefficient (Wildman–Crippen LogP) is -0.701. The first-order valence-electron chi connectivity index (χ1n) is 8.80. The van der Waals surface area contributed by atoms with Gasteiger partial charge in [0.15, 0.2) is 6.61 Å². The maximum atomic E-state index is 12.3. The highest BCUT2D eigenvalue weighted by Crippen LogP contribution is 2.37. The molecule has 2 fully saturated rings. The Morgan fingerprint density at radius 2 is 1.73 bits per heavy atom. The molecule has 1 heterocycles. The number of amides is 4. The van der Waals surface area contributed by atoms with E-state index in [1.807, 2.05) is 0 Å². The van der Waals surface area contributed by atoms with Crippen molar-refractivity contribution in [2.75, 3.05) is 33.8 Å². The first-order chi connectivity index (χ1) is 12.3. The van der Waals surface area contributed by atoms with Crippen molar-refractivity contribution in [2.24, 2.45) is 11.8 Å². The van der Waals surface area contributed by atoms with Crippen LogP contribution >= 0.6 is 0 Å². The normalized spacial score (nSPS) is 22.0. The van der Waals surface area contributed by atoms with Crippen molar-refractivity contribution >= 4 is 29.6 Å². The van der Waals surface area contributed by atoms with Gasteiger partial charge in [0.05, 0.1) is 24.8 Å². The van der Waals surface area contributed by atoms with Gasteiger partial charge >= 0.3 is 5.97 Å². The third kappa shape index (κ3) is 4.59. The number of nitrogens with zero attached hydrogens (tertiary/aromatic N) is 2. The fourth-order valence-corrected chi connectivity index (χ4v) is 3.36. The Kier molecular flexibility index (Phi) is 6.70. The first-order valence-corrected chi connectivity index (χ1v) is 8.80. The zero-order valence-electron chi connectivity index (χ0n) is 15.2. The molecule has 1 saturated carbocycles. The number of carbonyl (C=O) groups excluding carboxylic acids is 5. The monoisotopic (exact) mass is 367 g/mol. The second-order valence-electron chi connectivity index (χ2n) is 6.66. The quantitative estimate of drug-likeness (QED) is 0.470. The van der Waals surface area contributed by atoms with Crippen molar-refractivity contribution < 1.29 is 28.7 Å². The zero-order chi connectivity index (χ0) is 19.3. The zero-order valence-corrected chi connectivity index (χ0v) is 15.2. The third-order valence-corrected chi connectivity index (χ3v) is 4.91. The Morgan fingerprint density at radius 3 is 2.27 bits per heavy atom. The van der Waals surface area contributed by atoms with Gasteiger partial charge in [0.2, 0.25) is 17.7 Å². The lowest BCUT2D eigenvalue weighted by Crippen LogP contribution is -2.39. The molecule has 1 aliphatic heterocycles. The minimum atomic E-state index is -0.665. The van der Waals surface area contributed by atoms with Crippen molar-refractivity contribution in [1.29, 1.82) is 0 Å². The van der Waals surface area contributed by atoms with Gasteiger partial charge in [0.1, 0.15) is 0 Å². The van der Waals surface area contributed by atoms with Gasteiger partial charge < -0.3 is 15.0 Å². The summed E-state index contributed by atoms with van der Waals surface area (Å²) in [5.41, 5.74) is 0. The average molecular weight is 367 g/mol. The summed E-state index contributed by atoms with van der Waals surface area (Å²) in [6, 6.07) is 0. The molecule has 0 bridgehead atoms. The molecule has 9 heteroatoms. The van der Waals surface area contributed by atoms with Crippen molar-refractivity contribution in [3.05, 3.63) is 0 Å². The first kappa shape index (κ1) is 19.9. The van der Waals surface area contributed by atoms with Crippen molar-refractivity contribution in [3.63, 3.8) is 0 Å². The molecule has 1 N–H and O–H groups in total. The van der Waals surface area contributed by atoms with Crippen LogP contribution in [0.5, 0.6) is 0 Å². The summed E-state index contributed by atoms with van der Waals surface area (Å²) in [7, 11) is 2.88. The maximum absolute atomic E-state index is 12.3. The minimum Gasteiger partial charge on any atom is -0.456 e. The number of fused-ring (bicyclic) bond motifs is 1. The van der Waals surface area contributed by atoms with E-state index in [9.17, 15) is 24.0 Å². The standard InChI is InChI=1S/C17H25N3O6/c1-18-13(21)9-19(2)14(22)10-26-15(23)7-8-20-16(24)11-5-3-4-6-12(11)17(20)25/h11-12H,3-10H2,1-2H3,(H,18,21)/t11-,12-/m0/s1. The predicted molar refractivity (Wildman–Crippen MR) is 89.4 cm³/mol. The van der Waals surface area contributed by atoms with E-state index < -0.39 is 18.5 Å². The molecule has 2 atom stereocenters. The van der Waals surface area contributed by atoms with Gasteiger partial charge in [-0.1, -0.05) is 12.8 Å². The number of hydrogen-bond donors (Lipinski definition) is 1. The highest BCUT2D eigenvalue weighted by Gasteiger charge is 2.47. The molecular weight excluding hydrogens is 342 g/mol. The van der Waals surface area contributed by atoms with E-state index in [4.69, 9.17) is 4.74 Å². The summed E-state index contributed by atoms with van der Waals surface area (Å²) in [6.07, 6.45) is 3.19. The summed E-state index contributed by atoms with van der Waals surface area (Å²) in [6.45, 7) is -0.641. The molecular formula is C17H25N3O6. The van der Waals surface area contributed by atoms with E-state index in [0.717, 1.165) is 35.5 Å². The molecule has 0 spiro atoms. The summed E-state index contributed by atoms with van der Waals surface area (Å²) in [5, 5.41) is 2.39. The van der Waals surface area contributed by atoms with Crippen LogP contribution in [0.1, 0.15) is 32.1 Å². The third-order valence-electron chi connectivity index (χ3n) is 4.91. The number of likely N-dealkylation sites (tertiary alicyclic amines) is 1. The Balaban J connectivity index is 1.75. The Bertz CT molecular complexity index is 581. The number of ether oxygens (including phenoxy) is 1. The number of imide groups is 1. The van der Waals surface area contributed by atoms with Crippen LogP contribution in [0.15, 0.2) is 0 Å². The molecule has 0 radical (unpaired) electrons. The number of esters is 1. The van der Waals surface area contributed by atoms with Crippen molar-refractivity contribution in [2.45, 2.75) is 32.1 Å². The van der Waals surface area contributed by atoms with Crippen LogP contribution in [0.25, 0.3) is 0 Å². The molecule has 0 aromatic heterocycles. The summed E-state index contributed by atoms with van der Waals surface area (Å²) < 4.78 is 4.88. The molecule has 144 valence electrons. The molecule has 26 heavy (non-hydrogen) atoms. The summed E-state index contributed by atoms with van der Waals surface area (Å²) in [5.74, 6) is -2.40. The van der Waals surface area contributed by atoms with Gasteiger partial charge in [0.25, 0.3) is 5.91 Å². The van der Waals surface area contributed by atoms with Crippen LogP contribution < -0.4 is 5.32 Å². The van der Waals surface area contributed by atoms with Gasteiger partial charge in [-0.2, -0.15) is 0 Å². The molecule has 4 amide bonds. The molecule has 2 aliphatic rings. The second-order valence-corrected chi connectivity index (χ2v) is 6.66. The number of nitrogens with one attached hydrogen (secondary N) is 1. The molecule has 0 aromatic carbocycles. The lowest BCUT2D eigenvalue weighted by molar-refractivity contribution is -0.152. The van der Waals surface area contributed by atoms with Crippen LogP contribution in [0.3, 0.4) is 0 Å². The highest BCUT2D eigenvalue weighted by molar-refractivity contribution is 6.05. The van der Waals surface area contributed by atoms with Gasteiger partial charge in [-0.15, -0.1) is 0 Å². The van der Waals surface area contributed by atoms with Gasteiger partial charge in [-0.3, -0.25) is 28.9 Å². The number of hydrogen-bond acceptors (Lipinski definition) is 6. The lowest BCUT2D eigenvalue weighted by atomic mass is 9.81. The summed E-state index contributed by atoms with van der Waals surface area (Å²) in [4.78, 5) is 61.7. The number of likely N-dealkylation sites (N-methyl/N-ethyl adjacent to an activating group) is 2. The smallest absolute Gasteiger partial charge is 0.308 e. The molecule has 1 aliphatic carbocycles. The van der Waals surface area contributed by atoms with Crippen LogP contribution in [0.4, 0.5) is 0 Å². The molecule has 1 saturated heterocycles. The van der Waals surface area contributed by atoms with E-state index >= 15 is 0 Å². The fourth-order valence-electron chi connectivity index (χ4n) is 3.36. The molecule has 0 aromatic rings. The fraction of sp³-hybridized carbons (Fsp3) is 0.706. The largest absolute Gasteiger partial charge is 0.456 e. The Labute approximate surface area is 152 Å². The molecule has 9 nitrogen and oxygen atoms in total. The average Bonchev–Trinajstić information content (AvgIpc) is 2.88. The van der Waals surface area contributed by atoms with Crippen LogP contribution in [0.2, 0.25) is 0 Å². The Morgan fingerprint density at radius 1 is 1.15 bits per heavy atom. The van der Waals surface area contributed by atoms with E-state index in [1.165, 1.54) is 14.1 Å². The van der Waals surface area contributed by atoms with E-state index in [2.05, 4.69) is 5.32 Å². The van der Waals surface area contributed by atoms with Crippen LogP contribution in [0, 0.1) is 11.8 Å². The highest BCUT2D eigenvalue weighted by atomic mass is 16.5. The second kappa shape index (κ2) is 8.77. The SMILES string of the molecule is CNC(=O)CN(C)C(=O)COC(=O)CCN1C(=O)[C@H]2CCCC[C@@H]2C1=O. The topological polar surface area (TPSA) is 113 Å². The summed E-state index contributed by atoms with van der Waals surface area (Å²) >= 11 is 0.